The topological polar surface area (TPSA) is 67.5 Å². The summed E-state index contributed by atoms with van der Waals surface area (Å²) in [5, 5.41) is 2.70. The molecular weight excluding hydrogens is 190 g/mol. The molecule has 80 valence electrons. The fraction of sp³-hybridized carbons (Fsp3) is 0.273. The van der Waals surface area contributed by atoms with Gasteiger partial charge in [-0.05, 0) is 24.4 Å². The number of benzene rings is 1. The molecule has 0 saturated heterocycles. The van der Waals surface area contributed by atoms with E-state index >= 15 is 0 Å². The molecule has 0 heterocycles. The molecule has 3 N–H and O–H groups in total. The molecule has 0 unspecified atom stereocenters. The lowest BCUT2D eigenvalue weighted by Gasteiger charge is -2.03. The van der Waals surface area contributed by atoms with Crippen LogP contribution in [0.5, 0.6) is 0 Å². The Hall–Kier alpha value is -1.68. The summed E-state index contributed by atoms with van der Waals surface area (Å²) < 4.78 is 0. The molecule has 15 heavy (non-hydrogen) atoms. The van der Waals surface area contributed by atoms with Crippen molar-refractivity contribution in [2.45, 2.75) is 6.54 Å². The van der Waals surface area contributed by atoms with Crippen molar-refractivity contribution in [3.63, 3.8) is 0 Å². The van der Waals surface area contributed by atoms with Gasteiger partial charge in [-0.2, -0.15) is 0 Å². The third kappa shape index (κ3) is 3.52. The van der Waals surface area contributed by atoms with Crippen LogP contribution in [0.3, 0.4) is 0 Å². The SMILES string of the molecule is C=NCc1ccc(C(=O)NCCN)cc1. The van der Waals surface area contributed by atoms with E-state index < -0.39 is 0 Å². The molecule has 0 radical (unpaired) electrons. The lowest BCUT2D eigenvalue weighted by molar-refractivity contribution is 0.0955. The second-order valence-electron chi connectivity index (χ2n) is 3.12. The number of hydrogen-bond acceptors (Lipinski definition) is 3. The van der Waals surface area contributed by atoms with Crippen LogP contribution in [0.15, 0.2) is 29.3 Å². The van der Waals surface area contributed by atoms with Crippen molar-refractivity contribution < 1.29 is 4.79 Å². The average Bonchev–Trinajstić information content (AvgIpc) is 2.27. The summed E-state index contributed by atoms with van der Waals surface area (Å²) in [6.45, 7) is 4.93. The third-order valence-electron chi connectivity index (χ3n) is 1.94. The van der Waals surface area contributed by atoms with Crippen molar-refractivity contribution >= 4 is 12.6 Å². The van der Waals surface area contributed by atoms with E-state index in [1.54, 1.807) is 12.1 Å². The zero-order valence-corrected chi connectivity index (χ0v) is 8.57. The predicted octanol–water partition coefficient (Wildman–Crippen LogP) is 0.576. The minimum Gasteiger partial charge on any atom is -0.351 e. The molecule has 1 rings (SSSR count). The van der Waals surface area contributed by atoms with E-state index in [4.69, 9.17) is 5.73 Å². The van der Waals surface area contributed by atoms with E-state index in [1.165, 1.54) is 0 Å². The van der Waals surface area contributed by atoms with Crippen molar-refractivity contribution in [1.29, 1.82) is 0 Å². The van der Waals surface area contributed by atoms with Crippen LogP contribution in [0.4, 0.5) is 0 Å². The predicted molar refractivity (Wildman–Crippen MR) is 61.1 cm³/mol. The summed E-state index contributed by atoms with van der Waals surface area (Å²) in [4.78, 5) is 15.2. The van der Waals surface area contributed by atoms with Gasteiger partial charge in [0.1, 0.15) is 0 Å². The number of nitrogens with zero attached hydrogens (tertiary/aromatic N) is 1. The summed E-state index contributed by atoms with van der Waals surface area (Å²) in [7, 11) is 0. The van der Waals surface area contributed by atoms with Crippen LogP contribution in [-0.4, -0.2) is 25.7 Å². The van der Waals surface area contributed by atoms with Gasteiger partial charge >= 0.3 is 0 Å². The molecule has 0 aliphatic rings. The van der Waals surface area contributed by atoms with Crippen LogP contribution < -0.4 is 11.1 Å². The molecule has 0 aliphatic carbocycles. The Labute approximate surface area is 89.2 Å². The molecule has 0 aliphatic heterocycles. The first kappa shape index (κ1) is 11.4. The van der Waals surface area contributed by atoms with Crippen LogP contribution in [-0.2, 0) is 6.54 Å². The minimum atomic E-state index is -0.0986. The van der Waals surface area contributed by atoms with Gasteiger partial charge in [-0.15, -0.1) is 0 Å². The van der Waals surface area contributed by atoms with E-state index in [0.29, 0.717) is 25.2 Å². The molecule has 1 aromatic carbocycles. The normalized spacial score (nSPS) is 9.67. The van der Waals surface area contributed by atoms with Crippen LogP contribution in [0.1, 0.15) is 15.9 Å². The third-order valence-corrected chi connectivity index (χ3v) is 1.94. The first-order valence-electron chi connectivity index (χ1n) is 4.77. The van der Waals surface area contributed by atoms with Crippen LogP contribution >= 0.6 is 0 Å². The van der Waals surface area contributed by atoms with Gasteiger partial charge in [0.15, 0.2) is 0 Å². The van der Waals surface area contributed by atoms with E-state index in [9.17, 15) is 4.79 Å². The smallest absolute Gasteiger partial charge is 0.251 e. The minimum absolute atomic E-state index is 0.0986. The molecule has 4 heteroatoms. The number of aliphatic imine (C=N–C) groups is 1. The lowest BCUT2D eigenvalue weighted by atomic mass is 10.1. The van der Waals surface area contributed by atoms with Gasteiger partial charge in [0.05, 0.1) is 6.54 Å². The molecule has 0 aromatic heterocycles. The van der Waals surface area contributed by atoms with E-state index in [1.807, 2.05) is 12.1 Å². The van der Waals surface area contributed by atoms with Crippen molar-refractivity contribution in [3.8, 4) is 0 Å². The molecule has 0 bridgehead atoms. The molecule has 4 nitrogen and oxygen atoms in total. The van der Waals surface area contributed by atoms with E-state index in [2.05, 4.69) is 17.0 Å². The average molecular weight is 205 g/mol. The van der Waals surface area contributed by atoms with Crippen molar-refractivity contribution in [3.05, 3.63) is 35.4 Å². The summed E-state index contributed by atoms with van der Waals surface area (Å²) in [6.07, 6.45) is 0. The van der Waals surface area contributed by atoms with Crippen molar-refractivity contribution in [2.24, 2.45) is 10.7 Å². The fourth-order valence-corrected chi connectivity index (χ4v) is 1.18. The van der Waals surface area contributed by atoms with Gasteiger partial charge in [-0.3, -0.25) is 9.79 Å². The summed E-state index contributed by atoms with van der Waals surface area (Å²) >= 11 is 0. The highest BCUT2D eigenvalue weighted by molar-refractivity contribution is 5.94. The zero-order valence-electron chi connectivity index (χ0n) is 8.57. The van der Waals surface area contributed by atoms with Gasteiger partial charge in [0.25, 0.3) is 5.91 Å². The van der Waals surface area contributed by atoms with Crippen molar-refractivity contribution in [1.82, 2.24) is 5.32 Å². The van der Waals surface area contributed by atoms with Crippen LogP contribution in [0.2, 0.25) is 0 Å². The first-order valence-corrected chi connectivity index (χ1v) is 4.77. The molecule has 1 amide bonds. The zero-order chi connectivity index (χ0) is 11.1. The number of rotatable bonds is 5. The Morgan fingerprint density at radius 1 is 1.40 bits per heavy atom. The first-order chi connectivity index (χ1) is 7.27. The molecular formula is C11H15N3O. The highest BCUT2D eigenvalue weighted by Gasteiger charge is 2.03. The maximum Gasteiger partial charge on any atom is 0.251 e. The second-order valence-corrected chi connectivity index (χ2v) is 3.12. The molecule has 0 saturated carbocycles. The maximum absolute atomic E-state index is 11.5. The highest BCUT2D eigenvalue weighted by Crippen LogP contribution is 2.05. The van der Waals surface area contributed by atoms with Crippen LogP contribution in [0.25, 0.3) is 0 Å². The Bertz CT molecular complexity index is 332. The molecule has 0 atom stereocenters. The Morgan fingerprint density at radius 2 is 2.07 bits per heavy atom. The standard InChI is InChI=1S/C11H15N3O/c1-13-8-9-2-4-10(5-3-9)11(15)14-7-6-12/h2-5H,1,6-8,12H2,(H,14,15). The van der Waals surface area contributed by atoms with Gasteiger partial charge in [-0.1, -0.05) is 12.1 Å². The molecule has 0 spiro atoms. The van der Waals surface area contributed by atoms with Gasteiger partial charge < -0.3 is 11.1 Å². The quantitative estimate of drug-likeness (QED) is 0.690. The van der Waals surface area contributed by atoms with E-state index in [0.717, 1.165) is 5.56 Å². The summed E-state index contributed by atoms with van der Waals surface area (Å²) in [5.74, 6) is -0.0986. The van der Waals surface area contributed by atoms with Gasteiger partial charge in [0, 0.05) is 18.7 Å². The monoisotopic (exact) mass is 205 g/mol. The van der Waals surface area contributed by atoms with E-state index in [-0.39, 0.29) is 5.91 Å². The second kappa shape index (κ2) is 5.93. The van der Waals surface area contributed by atoms with Gasteiger partial charge in [0.2, 0.25) is 0 Å². The fourth-order valence-electron chi connectivity index (χ4n) is 1.18. The number of nitrogens with one attached hydrogen (secondary N) is 1. The Morgan fingerprint density at radius 3 is 2.60 bits per heavy atom. The van der Waals surface area contributed by atoms with Gasteiger partial charge in [-0.25, -0.2) is 0 Å². The summed E-state index contributed by atoms with van der Waals surface area (Å²) in [6, 6.07) is 7.27. The Kier molecular flexibility index (Phi) is 4.50. The largest absolute Gasteiger partial charge is 0.351 e. The number of nitrogens with two attached hydrogens (primary N) is 1. The maximum atomic E-state index is 11.5. The summed E-state index contributed by atoms with van der Waals surface area (Å²) in [5.41, 5.74) is 6.96. The number of carbonyl (C=O) groups excluding carboxylic acids is 1. The van der Waals surface area contributed by atoms with Crippen LogP contribution in [0, 0.1) is 0 Å². The lowest BCUT2D eigenvalue weighted by Crippen LogP contribution is -2.28. The molecule has 0 fully saturated rings. The number of amides is 1. The highest BCUT2D eigenvalue weighted by atomic mass is 16.1. The molecule has 1 aromatic rings. The van der Waals surface area contributed by atoms with Crippen molar-refractivity contribution in [2.75, 3.05) is 13.1 Å². The number of hydrogen-bond donors (Lipinski definition) is 2. The number of carbonyl (C=O) groups is 1. The Balaban J connectivity index is 2.62.